The van der Waals surface area contributed by atoms with Crippen LogP contribution in [0.1, 0.15) is 0 Å². The molecule has 0 unspecified atom stereocenters. The molecule has 2 heterocycles. The van der Waals surface area contributed by atoms with Gasteiger partial charge in [-0.1, -0.05) is 0 Å². The molecule has 2 atom stereocenters. The monoisotopic (exact) mass is 129 g/mol. The van der Waals surface area contributed by atoms with E-state index < -0.39 is 0 Å². The summed E-state index contributed by atoms with van der Waals surface area (Å²) in [7, 11) is 0. The number of morpholine rings is 1. The van der Waals surface area contributed by atoms with Crippen LogP contribution >= 0.6 is 0 Å². The summed E-state index contributed by atoms with van der Waals surface area (Å²) < 4.78 is 10.6. The molecular weight excluding hydrogens is 118 g/mol. The zero-order valence-corrected chi connectivity index (χ0v) is 5.30. The van der Waals surface area contributed by atoms with Crippen molar-refractivity contribution >= 4 is 0 Å². The first-order valence-corrected chi connectivity index (χ1v) is 3.39. The van der Waals surface area contributed by atoms with Crippen LogP contribution in [0.3, 0.4) is 0 Å². The van der Waals surface area contributed by atoms with Crippen molar-refractivity contribution in [1.82, 2.24) is 5.32 Å². The van der Waals surface area contributed by atoms with Crippen LogP contribution in [0.2, 0.25) is 0 Å². The zero-order valence-electron chi connectivity index (χ0n) is 5.30. The second kappa shape index (κ2) is 2.25. The van der Waals surface area contributed by atoms with Crippen LogP contribution in [0, 0.1) is 0 Å². The van der Waals surface area contributed by atoms with Gasteiger partial charge in [-0.25, -0.2) is 0 Å². The summed E-state index contributed by atoms with van der Waals surface area (Å²) >= 11 is 0. The van der Waals surface area contributed by atoms with E-state index in [4.69, 9.17) is 9.47 Å². The van der Waals surface area contributed by atoms with Gasteiger partial charge in [0.05, 0.1) is 32.0 Å². The maximum absolute atomic E-state index is 5.41. The van der Waals surface area contributed by atoms with Gasteiger partial charge >= 0.3 is 0 Å². The minimum absolute atomic E-state index is 0.332. The van der Waals surface area contributed by atoms with E-state index in [1.54, 1.807) is 0 Å². The predicted molar refractivity (Wildman–Crippen MR) is 32.3 cm³/mol. The van der Waals surface area contributed by atoms with Gasteiger partial charge in [0.2, 0.25) is 0 Å². The van der Waals surface area contributed by atoms with Crippen molar-refractivity contribution in [2.24, 2.45) is 0 Å². The van der Waals surface area contributed by atoms with E-state index in [-0.39, 0.29) is 0 Å². The highest BCUT2D eigenvalue weighted by atomic mass is 16.5. The fraction of sp³-hybridized carbons (Fsp3) is 1.00. The first-order chi connectivity index (χ1) is 4.47. The highest BCUT2D eigenvalue weighted by molar-refractivity contribution is 4.84. The van der Waals surface area contributed by atoms with Crippen LogP contribution in [0.25, 0.3) is 0 Å². The molecule has 0 aromatic carbocycles. The Hall–Kier alpha value is -0.120. The third-order valence-corrected chi connectivity index (χ3v) is 1.87. The average molecular weight is 129 g/mol. The van der Waals surface area contributed by atoms with Crippen LogP contribution in [0.4, 0.5) is 0 Å². The molecule has 2 fully saturated rings. The maximum Gasteiger partial charge on any atom is 0.0984 e. The number of rotatable bonds is 0. The minimum Gasteiger partial charge on any atom is -0.377 e. The molecule has 2 aliphatic heterocycles. The Labute approximate surface area is 54.3 Å². The Balaban J connectivity index is 1.97. The van der Waals surface area contributed by atoms with Gasteiger partial charge in [0.15, 0.2) is 0 Å². The largest absolute Gasteiger partial charge is 0.377 e. The summed E-state index contributed by atoms with van der Waals surface area (Å²) in [5.41, 5.74) is 0. The molecule has 0 radical (unpaired) electrons. The highest BCUT2D eigenvalue weighted by Gasteiger charge is 2.30. The smallest absolute Gasteiger partial charge is 0.0984 e. The normalized spacial score (nSPS) is 42.7. The van der Waals surface area contributed by atoms with E-state index in [0.29, 0.717) is 12.1 Å². The van der Waals surface area contributed by atoms with Gasteiger partial charge in [-0.2, -0.15) is 0 Å². The Bertz CT molecular complexity index is 95.2. The van der Waals surface area contributed by atoms with Crippen LogP contribution < -0.4 is 5.32 Å². The molecule has 0 aromatic heterocycles. The Morgan fingerprint density at radius 1 is 1.33 bits per heavy atom. The molecule has 0 amide bonds. The Morgan fingerprint density at radius 3 is 3.22 bits per heavy atom. The van der Waals surface area contributed by atoms with Crippen LogP contribution in [-0.2, 0) is 9.47 Å². The van der Waals surface area contributed by atoms with Gasteiger partial charge in [-0.15, -0.1) is 0 Å². The van der Waals surface area contributed by atoms with Gasteiger partial charge in [0.25, 0.3) is 0 Å². The van der Waals surface area contributed by atoms with E-state index in [2.05, 4.69) is 5.32 Å². The van der Waals surface area contributed by atoms with E-state index in [1.807, 2.05) is 0 Å². The van der Waals surface area contributed by atoms with Gasteiger partial charge < -0.3 is 14.8 Å². The van der Waals surface area contributed by atoms with Crippen molar-refractivity contribution in [2.45, 2.75) is 12.1 Å². The number of fused-ring (bicyclic) bond motifs is 1. The number of hydrogen-bond acceptors (Lipinski definition) is 3. The molecule has 0 spiro atoms. The lowest BCUT2D eigenvalue weighted by molar-refractivity contribution is 0.0115. The first-order valence-electron chi connectivity index (χ1n) is 3.39. The van der Waals surface area contributed by atoms with Crippen LogP contribution in [0.5, 0.6) is 0 Å². The van der Waals surface area contributed by atoms with E-state index >= 15 is 0 Å². The molecule has 2 aliphatic rings. The Morgan fingerprint density at radius 2 is 2.33 bits per heavy atom. The van der Waals surface area contributed by atoms with Gasteiger partial charge in [0.1, 0.15) is 0 Å². The molecule has 9 heavy (non-hydrogen) atoms. The molecule has 3 nitrogen and oxygen atoms in total. The van der Waals surface area contributed by atoms with Gasteiger partial charge in [-0.3, -0.25) is 0 Å². The molecule has 0 bridgehead atoms. The first kappa shape index (κ1) is 5.65. The SMILES string of the molecule is C1CO[C@H]2COC[C@H]2N1. The summed E-state index contributed by atoms with van der Waals surface area (Å²) in [4.78, 5) is 0. The van der Waals surface area contributed by atoms with Crippen LogP contribution in [-0.4, -0.2) is 38.5 Å². The maximum atomic E-state index is 5.41. The van der Waals surface area contributed by atoms with Crippen molar-refractivity contribution in [3.05, 3.63) is 0 Å². The Kier molecular flexibility index (Phi) is 1.41. The van der Waals surface area contributed by atoms with Crippen LogP contribution in [0.15, 0.2) is 0 Å². The van der Waals surface area contributed by atoms with Crippen molar-refractivity contribution < 1.29 is 9.47 Å². The predicted octanol–water partition coefficient (Wildman–Crippen LogP) is -0.626. The fourth-order valence-electron chi connectivity index (χ4n) is 1.34. The molecule has 0 saturated carbocycles. The standard InChI is InChI=1S/C6H11NO2/c1-2-9-6-4-8-3-5(6)7-1/h5-7H,1-4H2/t5-,6+/m1/s1. The van der Waals surface area contributed by atoms with Crippen molar-refractivity contribution in [2.75, 3.05) is 26.4 Å². The fourth-order valence-corrected chi connectivity index (χ4v) is 1.34. The topological polar surface area (TPSA) is 30.5 Å². The quantitative estimate of drug-likeness (QED) is 0.472. The molecule has 2 saturated heterocycles. The van der Waals surface area contributed by atoms with E-state index in [9.17, 15) is 0 Å². The average Bonchev–Trinajstić information content (AvgIpc) is 2.33. The molecule has 3 heteroatoms. The van der Waals surface area contributed by atoms with Gasteiger partial charge in [-0.05, 0) is 0 Å². The van der Waals surface area contributed by atoms with Crippen molar-refractivity contribution in [3.8, 4) is 0 Å². The molecule has 52 valence electrons. The van der Waals surface area contributed by atoms with Crippen molar-refractivity contribution in [3.63, 3.8) is 0 Å². The summed E-state index contributed by atoms with van der Waals surface area (Å²) in [5, 5.41) is 3.33. The third-order valence-electron chi connectivity index (χ3n) is 1.87. The summed E-state index contributed by atoms with van der Waals surface area (Å²) in [6.07, 6.45) is 0.332. The number of ether oxygens (including phenoxy) is 2. The lowest BCUT2D eigenvalue weighted by atomic mass is 10.2. The van der Waals surface area contributed by atoms with Gasteiger partial charge in [0, 0.05) is 6.54 Å². The summed E-state index contributed by atoms with van der Waals surface area (Å²) in [6.45, 7) is 3.41. The molecule has 0 aliphatic carbocycles. The molecule has 1 N–H and O–H groups in total. The van der Waals surface area contributed by atoms with Crippen molar-refractivity contribution in [1.29, 1.82) is 0 Å². The second-order valence-electron chi connectivity index (χ2n) is 2.51. The molecule has 2 rings (SSSR count). The van der Waals surface area contributed by atoms with E-state index in [0.717, 1.165) is 26.4 Å². The van der Waals surface area contributed by atoms with E-state index in [1.165, 1.54) is 0 Å². The lowest BCUT2D eigenvalue weighted by Crippen LogP contribution is -2.47. The summed E-state index contributed by atoms with van der Waals surface area (Å²) in [5.74, 6) is 0. The minimum atomic E-state index is 0.332. The number of hydrogen-bond donors (Lipinski definition) is 1. The third kappa shape index (κ3) is 0.956. The number of nitrogens with one attached hydrogen (secondary N) is 1. The zero-order chi connectivity index (χ0) is 6.10. The molecule has 0 aromatic rings. The summed E-state index contributed by atoms with van der Waals surface area (Å²) in [6, 6.07) is 0.471. The second-order valence-corrected chi connectivity index (χ2v) is 2.51. The molecular formula is C6H11NO2. The lowest BCUT2D eigenvalue weighted by Gasteiger charge is -2.24. The highest BCUT2D eigenvalue weighted by Crippen LogP contribution is 2.11.